The van der Waals surface area contributed by atoms with Gasteiger partial charge in [-0.1, -0.05) is 239 Å². The van der Waals surface area contributed by atoms with Gasteiger partial charge in [0.2, 0.25) is 5.91 Å². The molecule has 0 radical (unpaired) electrons. The molecule has 8 aromatic rings. The molecule has 4 N–H and O–H groups in total. The quantitative estimate of drug-likeness (QED) is 0.0581. The largest absolute Gasteiger partial charge is 0.443 e. The number of ether oxygens (including phenoxy) is 2. The highest BCUT2D eigenvalue weighted by atomic mass is 35.5. The van der Waals surface area contributed by atoms with Gasteiger partial charge in [0, 0.05) is 66.4 Å². The van der Waals surface area contributed by atoms with Gasteiger partial charge in [0.1, 0.15) is 12.1 Å². The van der Waals surface area contributed by atoms with Crippen molar-refractivity contribution in [1.29, 1.82) is 0 Å². The fourth-order valence-electron chi connectivity index (χ4n) is 9.17. The maximum atomic E-state index is 14.2. The maximum Gasteiger partial charge on any atom is 0.330 e. The van der Waals surface area contributed by atoms with Gasteiger partial charge in [0.25, 0.3) is 0 Å². The first kappa shape index (κ1) is 57.9. The van der Waals surface area contributed by atoms with E-state index in [1.807, 2.05) is 217 Å². The van der Waals surface area contributed by atoms with Crippen molar-refractivity contribution in [2.75, 3.05) is 0 Å². The van der Waals surface area contributed by atoms with Crippen LogP contribution in [0.4, 0.5) is 4.70 Å². The van der Waals surface area contributed by atoms with Crippen molar-refractivity contribution >= 4 is 52.0 Å². The molecule has 0 aliphatic rings. The molecule has 0 aliphatic heterocycles. The number of esters is 2. The van der Waals surface area contributed by atoms with Crippen LogP contribution in [0.25, 0.3) is 10.9 Å². The second-order valence-corrected chi connectivity index (χ2v) is 19.2. The van der Waals surface area contributed by atoms with Crippen LogP contribution >= 0.6 is 23.2 Å². The molecule has 5 unspecified atom stereocenters. The summed E-state index contributed by atoms with van der Waals surface area (Å²) >= 11 is 13.5. The van der Waals surface area contributed by atoms with Gasteiger partial charge in [-0.3, -0.25) is 14.3 Å². The number of para-hydroxylation sites is 1. The fraction of sp³-hybridized carbons (Fsp3) is 0.254. The summed E-state index contributed by atoms with van der Waals surface area (Å²) in [6.07, 6.45) is 4.97. The SMILES string of the molecule is C.CCCC(N)C(=O)OC(c1ccccc1)(c1ccc(C)cc1)c1ccccc1Cl.CCCC(NC(=O)C(C)Cc1c[nH]c2ccccc12)C(=O)OC(c1ccccc1)(c1ccc(C)cc1)c1ccccc1Cl.F. The number of fused-ring (bicyclic) bond motifs is 1. The summed E-state index contributed by atoms with van der Waals surface area (Å²) in [6, 6.07) is 56.6. The van der Waals surface area contributed by atoms with Crippen LogP contribution in [0, 0.1) is 19.8 Å². The number of rotatable bonds is 18. The molecule has 11 heteroatoms. The lowest BCUT2D eigenvalue weighted by molar-refractivity contribution is -0.158. The summed E-state index contributed by atoms with van der Waals surface area (Å²) in [4.78, 5) is 44.1. The summed E-state index contributed by atoms with van der Waals surface area (Å²) in [5, 5.41) is 5.11. The Morgan fingerprint density at radius 3 is 1.47 bits per heavy atom. The second kappa shape index (κ2) is 26.8. The molecule has 7 aromatic carbocycles. The third-order valence-corrected chi connectivity index (χ3v) is 13.7. The topological polar surface area (TPSA) is 124 Å². The van der Waals surface area contributed by atoms with E-state index in [0.717, 1.165) is 56.3 Å². The van der Waals surface area contributed by atoms with Gasteiger partial charge >= 0.3 is 11.9 Å². The molecule has 0 saturated carbocycles. The number of H-pyrrole nitrogens is 1. The lowest BCUT2D eigenvalue weighted by atomic mass is 9.79. The second-order valence-electron chi connectivity index (χ2n) is 18.3. The van der Waals surface area contributed by atoms with Crippen LogP contribution in [0.3, 0.4) is 0 Å². The number of carbonyl (C=O) groups is 3. The van der Waals surface area contributed by atoms with Crippen molar-refractivity contribution in [3.8, 4) is 0 Å². The Morgan fingerprint density at radius 1 is 0.581 bits per heavy atom. The summed E-state index contributed by atoms with van der Waals surface area (Å²) in [5.74, 6) is -1.51. The van der Waals surface area contributed by atoms with Crippen molar-refractivity contribution in [2.24, 2.45) is 11.7 Å². The molecule has 0 fully saturated rings. The molecule has 1 heterocycles. The molecule has 8 rings (SSSR count). The number of carbonyl (C=O) groups excluding carboxylic acids is 3. The van der Waals surface area contributed by atoms with Gasteiger partial charge in [0.05, 0.1) is 0 Å². The van der Waals surface area contributed by atoms with Gasteiger partial charge in [-0.25, -0.2) is 4.79 Å². The Balaban J connectivity index is 0.000000287. The molecular formula is C63H68Cl2FN3O5. The number of aromatic nitrogens is 1. The molecule has 8 nitrogen and oxygen atoms in total. The molecular weight excluding hydrogens is 969 g/mol. The standard InChI is InChI=1S/C37H37ClN2O3.C25H26ClNO2.CH4.FH/c1-4-12-34(40-35(41)26(3)23-27-24-39-33-18-11-8-15-30(27)33)36(42)43-37(28-13-6-5-7-14-28,29-21-19-25(2)20-22-29)31-16-9-10-17-32(31)38;1-3-9-23(27)24(28)29-25(19-10-5-4-6-11-19,20-16-14-18(2)15-17-20)21-12-7-8-13-22(21)26;;/h5-11,13-22,24,26,34,39H,4,12,23H2,1-3H3,(H,40,41);4-8,10-17,23H,3,9,27H2,1-2H3;1H4;1H. The Kier molecular flexibility index (Phi) is 20.9. The number of hydrogen-bond donors (Lipinski definition) is 3. The molecule has 0 spiro atoms. The first-order chi connectivity index (χ1) is 34.8. The molecule has 0 saturated heterocycles. The number of hydrogen-bond acceptors (Lipinski definition) is 6. The van der Waals surface area contributed by atoms with Crippen LogP contribution in [-0.4, -0.2) is 34.9 Å². The predicted molar refractivity (Wildman–Crippen MR) is 300 cm³/mol. The van der Waals surface area contributed by atoms with Crippen LogP contribution in [0.15, 0.2) is 188 Å². The van der Waals surface area contributed by atoms with E-state index in [4.69, 9.17) is 38.4 Å². The Labute approximate surface area is 446 Å². The lowest BCUT2D eigenvalue weighted by Crippen LogP contribution is -2.47. The van der Waals surface area contributed by atoms with Crippen LogP contribution in [0.1, 0.15) is 104 Å². The minimum atomic E-state index is -1.34. The molecule has 1 amide bonds. The van der Waals surface area contributed by atoms with Crippen LogP contribution in [-0.2, 0) is 41.5 Å². The van der Waals surface area contributed by atoms with Crippen LogP contribution in [0.2, 0.25) is 10.0 Å². The smallest absolute Gasteiger partial charge is 0.330 e. The number of aryl methyl sites for hydroxylation is 2. The average molecular weight is 1040 g/mol. The molecule has 1 aromatic heterocycles. The van der Waals surface area contributed by atoms with E-state index in [2.05, 4.69) is 10.3 Å². The number of aromatic amines is 1. The highest BCUT2D eigenvalue weighted by molar-refractivity contribution is 6.32. The average Bonchev–Trinajstić information content (AvgIpc) is 3.81. The molecule has 74 heavy (non-hydrogen) atoms. The van der Waals surface area contributed by atoms with E-state index < -0.39 is 35.2 Å². The van der Waals surface area contributed by atoms with Crippen molar-refractivity contribution < 1.29 is 28.6 Å². The van der Waals surface area contributed by atoms with Gasteiger partial charge in [-0.15, -0.1) is 0 Å². The molecule has 5 atom stereocenters. The first-order valence-corrected chi connectivity index (χ1v) is 25.4. The number of amides is 1. The molecule has 0 bridgehead atoms. The van der Waals surface area contributed by atoms with E-state index in [-0.39, 0.29) is 24.0 Å². The molecule has 0 aliphatic carbocycles. The van der Waals surface area contributed by atoms with E-state index in [1.165, 1.54) is 0 Å². The Bertz CT molecular complexity index is 3060. The highest BCUT2D eigenvalue weighted by Gasteiger charge is 2.45. The number of benzene rings is 7. The zero-order valence-electron chi connectivity index (χ0n) is 41.9. The van der Waals surface area contributed by atoms with Crippen molar-refractivity contribution in [3.05, 3.63) is 248 Å². The summed E-state index contributed by atoms with van der Waals surface area (Å²) in [5.41, 5.74) is 12.4. The minimum absolute atomic E-state index is 0. The third kappa shape index (κ3) is 13.0. The van der Waals surface area contributed by atoms with E-state index in [1.54, 1.807) is 6.07 Å². The molecule has 386 valence electrons. The monoisotopic (exact) mass is 1040 g/mol. The predicted octanol–water partition coefficient (Wildman–Crippen LogP) is 14.5. The van der Waals surface area contributed by atoms with Gasteiger partial charge in [0.15, 0.2) is 11.2 Å². The summed E-state index contributed by atoms with van der Waals surface area (Å²) < 4.78 is 12.9. The lowest BCUT2D eigenvalue weighted by Gasteiger charge is -2.37. The summed E-state index contributed by atoms with van der Waals surface area (Å²) in [6.45, 7) is 9.90. The Morgan fingerprint density at radius 2 is 1.00 bits per heavy atom. The maximum absolute atomic E-state index is 14.2. The van der Waals surface area contributed by atoms with Crippen molar-refractivity contribution in [2.45, 2.75) is 97.4 Å². The number of halogens is 3. The van der Waals surface area contributed by atoms with E-state index >= 15 is 0 Å². The zero-order valence-corrected chi connectivity index (χ0v) is 43.5. The van der Waals surface area contributed by atoms with E-state index in [9.17, 15) is 14.4 Å². The Hall–Kier alpha value is -7.04. The van der Waals surface area contributed by atoms with Gasteiger partial charge in [-0.05, 0) is 56.9 Å². The normalized spacial score (nSPS) is 13.7. The summed E-state index contributed by atoms with van der Waals surface area (Å²) in [7, 11) is 0. The number of nitrogens with one attached hydrogen (secondary N) is 2. The van der Waals surface area contributed by atoms with Crippen molar-refractivity contribution in [3.63, 3.8) is 0 Å². The van der Waals surface area contributed by atoms with Crippen LogP contribution in [0.5, 0.6) is 0 Å². The highest BCUT2D eigenvalue weighted by Crippen LogP contribution is 2.45. The van der Waals surface area contributed by atoms with Gasteiger partial charge in [-0.2, -0.15) is 0 Å². The fourth-order valence-corrected chi connectivity index (χ4v) is 9.71. The third-order valence-electron chi connectivity index (χ3n) is 13.0. The zero-order chi connectivity index (χ0) is 51.3. The van der Waals surface area contributed by atoms with Crippen molar-refractivity contribution in [1.82, 2.24) is 10.3 Å². The van der Waals surface area contributed by atoms with Gasteiger partial charge < -0.3 is 25.5 Å². The van der Waals surface area contributed by atoms with E-state index in [0.29, 0.717) is 46.9 Å². The first-order valence-electron chi connectivity index (χ1n) is 24.6. The number of nitrogens with two attached hydrogens (primary N) is 1. The van der Waals surface area contributed by atoms with Crippen LogP contribution < -0.4 is 11.1 Å². The minimum Gasteiger partial charge on any atom is -0.443 e.